The highest BCUT2D eigenvalue weighted by Crippen LogP contribution is 2.27. The van der Waals surface area contributed by atoms with Gasteiger partial charge in [-0.05, 0) is 57.0 Å². The van der Waals surface area contributed by atoms with E-state index in [4.69, 9.17) is 4.74 Å². The molecule has 0 saturated heterocycles. The minimum Gasteiger partial charge on any atom is -0.460 e. The van der Waals surface area contributed by atoms with E-state index in [1.165, 1.54) is 25.7 Å². The van der Waals surface area contributed by atoms with Gasteiger partial charge in [-0.2, -0.15) is 4.98 Å². The van der Waals surface area contributed by atoms with E-state index in [1.54, 1.807) is 4.68 Å². The number of hydrogen-bond acceptors (Lipinski definition) is 4. The number of ether oxygens (including phenoxy) is 1. The zero-order chi connectivity index (χ0) is 23.6. The first-order chi connectivity index (χ1) is 16.0. The van der Waals surface area contributed by atoms with Crippen molar-refractivity contribution in [3.63, 3.8) is 0 Å². The molecule has 0 atom stereocenters. The van der Waals surface area contributed by atoms with E-state index < -0.39 is 0 Å². The Labute approximate surface area is 197 Å². The molecule has 0 fully saturated rings. The number of aromatic nitrogens is 3. The fourth-order valence-corrected chi connectivity index (χ4v) is 3.71. The maximum Gasteiger partial charge on any atom is 0.336 e. The first-order valence-electron chi connectivity index (χ1n) is 12.1. The summed E-state index contributed by atoms with van der Waals surface area (Å²) in [6.07, 6.45) is 7.58. The van der Waals surface area contributed by atoms with Crippen molar-refractivity contribution >= 4 is 11.6 Å². The molecule has 0 bridgehead atoms. The summed E-state index contributed by atoms with van der Waals surface area (Å²) in [4.78, 5) is 16.9. The van der Waals surface area contributed by atoms with Gasteiger partial charge in [0, 0.05) is 17.7 Å². The second kappa shape index (κ2) is 12.2. The van der Waals surface area contributed by atoms with Gasteiger partial charge in [0.2, 0.25) is 5.91 Å². The SMILES string of the molecule is CCCCCCCCC(=O)Nc1ccc(-n2nc(OC(C)C)nc2-c2ccccc2C)cc1. The summed E-state index contributed by atoms with van der Waals surface area (Å²) in [7, 11) is 0. The van der Waals surface area contributed by atoms with E-state index in [0.717, 1.165) is 41.2 Å². The van der Waals surface area contributed by atoms with Crippen molar-refractivity contribution in [3.05, 3.63) is 54.1 Å². The molecule has 0 aliphatic rings. The van der Waals surface area contributed by atoms with Gasteiger partial charge in [0.25, 0.3) is 0 Å². The molecule has 176 valence electrons. The number of rotatable bonds is 12. The number of aryl methyl sites for hydroxylation is 1. The average molecular weight is 449 g/mol. The number of hydrogen-bond donors (Lipinski definition) is 1. The van der Waals surface area contributed by atoms with Gasteiger partial charge in [-0.3, -0.25) is 4.79 Å². The number of anilines is 1. The third-order valence-electron chi connectivity index (χ3n) is 5.47. The normalized spacial score (nSPS) is 11.1. The van der Waals surface area contributed by atoms with E-state index in [2.05, 4.69) is 35.3 Å². The van der Waals surface area contributed by atoms with Gasteiger partial charge in [0.05, 0.1) is 11.8 Å². The van der Waals surface area contributed by atoms with Crippen LogP contribution in [0.2, 0.25) is 0 Å². The third-order valence-corrected chi connectivity index (χ3v) is 5.47. The van der Waals surface area contributed by atoms with Gasteiger partial charge in [-0.15, -0.1) is 5.10 Å². The molecule has 0 radical (unpaired) electrons. The average Bonchev–Trinajstić information content (AvgIpc) is 3.19. The Bertz CT molecular complexity index is 1020. The van der Waals surface area contributed by atoms with Gasteiger partial charge in [-0.25, -0.2) is 4.68 Å². The van der Waals surface area contributed by atoms with Crippen LogP contribution in [0.5, 0.6) is 6.01 Å². The van der Waals surface area contributed by atoms with Gasteiger partial charge >= 0.3 is 6.01 Å². The quantitative estimate of drug-likeness (QED) is 0.312. The van der Waals surface area contributed by atoms with Crippen LogP contribution in [0.1, 0.15) is 71.3 Å². The number of nitrogens with zero attached hydrogens (tertiary/aromatic N) is 3. The number of benzene rings is 2. The van der Waals surface area contributed by atoms with Crippen molar-refractivity contribution in [2.45, 2.75) is 78.7 Å². The Morgan fingerprint density at radius 1 is 1.00 bits per heavy atom. The molecule has 1 aromatic heterocycles. The van der Waals surface area contributed by atoms with E-state index >= 15 is 0 Å². The molecule has 0 saturated carbocycles. The van der Waals surface area contributed by atoms with Crippen LogP contribution < -0.4 is 10.1 Å². The molecule has 3 rings (SSSR count). The summed E-state index contributed by atoms with van der Waals surface area (Å²) in [5.74, 6) is 0.788. The Hall–Kier alpha value is -3.15. The van der Waals surface area contributed by atoms with Crippen LogP contribution in [-0.4, -0.2) is 26.8 Å². The van der Waals surface area contributed by atoms with E-state index in [0.29, 0.717) is 12.4 Å². The second-order valence-electron chi connectivity index (χ2n) is 8.72. The van der Waals surface area contributed by atoms with Crippen molar-refractivity contribution in [2.75, 3.05) is 5.32 Å². The highest BCUT2D eigenvalue weighted by atomic mass is 16.5. The summed E-state index contributed by atoms with van der Waals surface area (Å²) in [6, 6.07) is 16.1. The lowest BCUT2D eigenvalue weighted by Crippen LogP contribution is -2.11. The maximum atomic E-state index is 12.3. The maximum absolute atomic E-state index is 12.3. The van der Waals surface area contributed by atoms with Gasteiger partial charge in [0.15, 0.2) is 5.82 Å². The Morgan fingerprint density at radius 3 is 2.39 bits per heavy atom. The van der Waals surface area contributed by atoms with E-state index in [1.807, 2.05) is 56.3 Å². The molecule has 6 heteroatoms. The van der Waals surface area contributed by atoms with E-state index in [9.17, 15) is 4.79 Å². The van der Waals surface area contributed by atoms with Crippen LogP contribution in [0.15, 0.2) is 48.5 Å². The lowest BCUT2D eigenvalue weighted by molar-refractivity contribution is -0.116. The molecule has 0 aliphatic heterocycles. The zero-order valence-corrected chi connectivity index (χ0v) is 20.3. The molecule has 3 aromatic rings. The third kappa shape index (κ3) is 7.17. The summed E-state index contributed by atoms with van der Waals surface area (Å²) >= 11 is 0. The topological polar surface area (TPSA) is 69.0 Å². The summed E-state index contributed by atoms with van der Waals surface area (Å²) < 4.78 is 7.56. The first kappa shape index (κ1) is 24.5. The molecule has 2 aromatic carbocycles. The second-order valence-corrected chi connectivity index (χ2v) is 8.72. The van der Waals surface area contributed by atoms with Gasteiger partial charge in [0.1, 0.15) is 0 Å². The predicted octanol–water partition coefficient (Wildman–Crippen LogP) is 6.72. The highest BCUT2D eigenvalue weighted by molar-refractivity contribution is 5.90. The molecule has 0 aliphatic carbocycles. The van der Waals surface area contributed by atoms with Crippen LogP contribution >= 0.6 is 0 Å². The largest absolute Gasteiger partial charge is 0.460 e. The molecule has 1 heterocycles. The number of carbonyl (C=O) groups is 1. The Balaban J connectivity index is 1.70. The number of amides is 1. The highest BCUT2D eigenvalue weighted by Gasteiger charge is 2.17. The minimum atomic E-state index is -0.0187. The molecule has 1 amide bonds. The van der Waals surface area contributed by atoms with E-state index in [-0.39, 0.29) is 12.0 Å². The monoisotopic (exact) mass is 448 g/mol. The van der Waals surface area contributed by atoms with Crippen molar-refractivity contribution < 1.29 is 9.53 Å². The molecular formula is C27H36N4O2. The minimum absolute atomic E-state index is 0.0187. The molecule has 0 spiro atoms. The Kier molecular flexibility index (Phi) is 9.04. The predicted molar refractivity (Wildman–Crippen MR) is 134 cm³/mol. The summed E-state index contributed by atoms with van der Waals surface area (Å²) in [5.41, 5.74) is 3.75. The number of carbonyl (C=O) groups excluding carboxylic acids is 1. The van der Waals surface area contributed by atoms with Gasteiger partial charge in [-0.1, -0.05) is 63.3 Å². The molecule has 33 heavy (non-hydrogen) atoms. The standard InChI is InChI=1S/C27H36N4O2/c1-5-6-7-8-9-10-15-25(32)28-22-16-18-23(19-17-22)31-26(24-14-12-11-13-21(24)4)29-27(30-31)33-20(2)3/h11-14,16-20H,5-10,15H2,1-4H3,(H,28,32). The summed E-state index contributed by atoms with van der Waals surface area (Å²) in [5, 5.41) is 7.60. The fraction of sp³-hybridized carbons (Fsp3) is 0.444. The lowest BCUT2D eigenvalue weighted by Gasteiger charge is -2.09. The van der Waals surface area contributed by atoms with Crippen LogP contribution in [0.25, 0.3) is 17.1 Å². The van der Waals surface area contributed by atoms with Crippen molar-refractivity contribution in [2.24, 2.45) is 0 Å². The molecular weight excluding hydrogens is 412 g/mol. The fourth-order valence-electron chi connectivity index (χ4n) is 3.71. The first-order valence-corrected chi connectivity index (χ1v) is 12.1. The van der Waals surface area contributed by atoms with Crippen LogP contribution in [-0.2, 0) is 4.79 Å². The smallest absolute Gasteiger partial charge is 0.336 e. The molecule has 6 nitrogen and oxygen atoms in total. The van der Waals surface area contributed by atoms with Crippen LogP contribution in [0.3, 0.4) is 0 Å². The van der Waals surface area contributed by atoms with Crippen molar-refractivity contribution in [1.82, 2.24) is 14.8 Å². The van der Waals surface area contributed by atoms with Crippen LogP contribution in [0, 0.1) is 6.92 Å². The van der Waals surface area contributed by atoms with Crippen molar-refractivity contribution in [1.29, 1.82) is 0 Å². The van der Waals surface area contributed by atoms with Gasteiger partial charge < -0.3 is 10.1 Å². The number of nitrogens with one attached hydrogen (secondary N) is 1. The summed E-state index contributed by atoms with van der Waals surface area (Å²) in [6.45, 7) is 8.18. The zero-order valence-electron chi connectivity index (χ0n) is 20.3. The Morgan fingerprint density at radius 2 is 1.70 bits per heavy atom. The van der Waals surface area contributed by atoms with Crippen molar-refractivity contribution in [3.8, 4) is 23.1 Å². The number of unbranched alkanes of at least 4 members (excludes halogenated alkanes) is 5. The molecule has 0 unspecified atom stereocenters. The lowest BCUT2D eigenvalue weighted by atomic mass is 10.1. The molecule has 1 N–H and O–H groups in total. The van der Waals surface area contributed by atoms with Crippen LogP contribution in [0.4, 0.5) is 5.69 Å².